The van der Waals surface area contributed by atoms with Crippen molar-refractivity contribution >= 4 is 51.4 Å². The lowest BCUT2D eigenvalue weighted by Crippen LogP contribution is -2.57. The van der Waals surface area contributed by atoms with E-state index in [1.54, 1.807) is 12.4 Å². The van der Waals surface area contributed by atoms with E-state index in [0.29, 0.717) is 12.8 Å². The lowest BCUT2D eigenvalue weighted by Gasteiger charge is -2.25. The van der Waals surface area contributed by atoms with Crippen LogP contribution in [0.15, 0.2) is 65.9 Å². The third kappa shape index (κ3) is 14.1. The summed E-state index contributed by atoms with van der Waals surface area (Å²) in [5, 5.41) is 10.4. The number of para-hydroxylation sites is 2. The third-order valence-electron chi connectivity index (χ3n) is 10.1. The summed E-state index contributed by atoms with van der Waals surface area (Å²) >= 11 is 0. The quantitative estimate of drug-likeness (QED) is 0.0246. The Morgan fingerprint density at radius 2 is 1.11 bits per heavy atom. The molecule has 2 heterocycles. The SMILES string of the molecule is CCCCCCCCCCCCCC(=O)N[C@@H](CCCN=C(N)N)C(=O)N[C@@H](Cc1c[nH]c2ccccc12)C(=O)N[C@@H](Cc1c[nH]c2ccccc12)C(N)=O. The number of hydrogen-bond donors (Lipinski definition) is 8. The van der Waals surface area contributed by atoms with E-state index in [9.17, 15) is 19.2 Å². The van der Waals surface area contributed by atoms with Crippen molar-refractivity contribution in [3.05, 3.63) is 72.1 Å². The van der Waals surface area contributed by atoms with E-state index in [1.807, 2.05) is 48.5 Å². The number of guanidine groups is 1. The van der Waals surface area contributed by atoms with Crippen LogP contribution in [0.4, 0.5) is 0 Å². The second-order valence-corrected chi connectivity index (χ2v) is 14.5. The van der Waals surface area contributed by atoms with Crippen molar-refractivity contribution in [1.82, 2.24) is 25.9 Å². The average molecular weight is 756 g/mol. The zero-order valence-corrected chi connectivity index (χ0v) is 32.3. The monoisotopic (exact) mass is 755 g/mol. The standard InChI is InChI=1S/C42H61N9O4/c1-2-3-4-5-6-7-8-9-10-11-12-23-38(52)49-35(22-17-24-46-42(44)45)40(54)51-37(26-30-28-48-34-21-16-14-19-32(30)34)41(55)50-36(39(43)53)25-29-27-47-33-20-15-13-18-31(29)33/h13-16,18-21,27-28,35-37,47-48H,2-12,17,22-26H2,1H3,(H2,43,53)(H,49,52)(H,50,55)(H,51,54)(H4,44,45,46)/t35-,36-,37-/m0/s1. The van der Waals surface area contributed by atoms with Crippen LogP contribution in [-0.4, -0.2) is 64.2 Å². The Morgan fingerprint density at radius 3 is 1.65 bits per heavy atom. The predicted molar refractivity (Wildman–Crippen MR) is 220 cm³/mol. The first-order valence-corrected chi connectivity index (χ1v) is 20.0. The molecular formula is C42H61N9O4. The van der Waals surface area contributed by atoms with Crippen molar-refractivity contribution in [3.63, 3.8) is 0 Å². The van der Waals surface area contributed by atoms with E-state index in [2.05, 4.69) is 37.8 Å². The van der Waals surface area contributed by atoms with Crippen molar-refractivity contribution < 1.29 is 19.2 Å². The summed E-state index contributed by atoms with van der Waals surface area (Å²) in [5.74, 6) is -2.10. The molecule has 3 atom stereocenters. The fraction of sp³-hybridized carbons (Fsp3) is 0.500. The Hall–Kier alpha value is -5.33. The number of carbonyl (C=O) groups is 4. The normalized spacial score (nSPS) is 12.9. The summed E-state index contributed by atoms with van der Waals surface area (Å²) < 4.78 is 0. The second-order valence-electron chi connectivity index (χ2n) is 14.5. The number of primary amides is 1. The lowest BCUT2D eigenvalue weighted by molar-refractivity contribution is -0.133. The van der Waals surface area contributed by atoms with Gasteiger partial charge in [0.1, 0.15) is 18.1 Å². The number of hydrogen-bond acceptors (Lipinski definition) is 5. The third-order valence-corrected chi connectivity index (χ3v) is 10.1. The molecule has 0 bridgehead atoms. The largest absolute Gasteiger partial charge is 0.370 e. The van der Waals surface area contributed by atoms with E-state index < -0.39 is 35.8 Å². The summed E-state index contributed by atoms with van der Waals surface area (Å²) in [6.45, 7) is 2.50. The van der Waals surface area contributed by atoms with Gasteiger partial charge in [0.25, 0.3) is 0 Å². The number of unbranched alkanes of at least 4 members (excludes halogenated alkanes) is 10. The molecular weight excluding hydrogens is 695 g/mol. The highest BCUT2D eigenvalue weighted by atomic mass is 16.2. The molecule has 298 valence electrons. The molecule has 0 aliphatic rings. The molecule has 0 aliphatic carbocycles. The first-order valence-electron chi connectivity index (χ1n) is 20.0. The molecule has 0 saturated heterocycles. The van der Waals surface area contributed by atoms with E-state index >= 15 is 0 Å². The molecule has 4 amide bonds. The van der Waals surface area contributed by atoms with E-state index in [4.69, 9.17) is 17.2 Å². The van der Waals surface area contributed by atoms with Gasteiger partial charge in [0.15, 0.2) is 5.96 Å². The van der Waals surface area contributed by atoms with E-state index in [-0.39, 0.29) is 37.7 Å². The van der Waals surface area contributed by atoms with Crippen LogP contribution in [0.3, 0.4) is 0 Å². The lowest BCUT2D eigenvalue weighted by atomic mass is 10.0. The number of aromatic amines is 2. The number of aliphatic imine (C=N–C) groups is 1. The summed E-state index contributed by atoms with van der Waals surface area (Å²) in [7, 11) is 0. The minimum absolute atomic E-state index is 0.0614. The van der Waals surface area contributed by atoms with Crippen LogP contribution in [0.2, 0.25) is 0 Å². The van der Waals surface area contributed by atoms with Gasteiger partial charge >= 0.3 is 0 Å². The number of amides is 4. The molecule has 4 rings (SSSR count). The van der Waals surface area contributed by atoms with Gasteiger partial charge in [-0.3, -0.25) is 24.2 Å². The zero-order chi connectivity index (χ0) is 39.4. The Bertz CT molecular complexity index is 1840. The van der Waals surface area contributed by atoms with E-state index in [1.165, 1.54) is 44.9 Å². The number of carbonyl (C=O) groups excluding carboxylic acids is 4. The highest BCUT2D eigenvalue weighted by Crippen LogP contribution is 2.21. The maximum Gasteiger partial charge on any atom is 0.243 e. The summed E-state index contributed by atoms with van der Waals surface area (Å²) in [5.41, 5.74) is 20.2. The molecule has 2 aromatic carbocycles. The first-order chi connectivity index (χ1) is 26.7. The molecule has 0 radical (unpaired) electrons. The van der Waals surface area contributed by atoms with Crippen LogP contribution >= 0.6 is 0 Å². The van der Waals surface area contributed by atoms with Gasteiger partial charge in [-0.1, -0.05) is 108 Å². The molecule has 11 N–H and O–H groups in total. The first kappa shape index (κ1) is 42.4. The topological polar surface area (TPSA) is 226 Å². The summed E-state index contributed by atoms with van der Waals surface area (Å²) in [6.07, 6.45) is 17.7. The molecule has 55 heavy (non-hydrogen) atoms. The summed E-state index contributed by atoms with van der Waals surface area (Å²) in [6, 6.07) is 12.2. The highest BCUT2D eigenvalue weighted by Gasteiger charge is 2.30. The van der Waals surface area contributed by atoms with Gasteiger partial charge in [-0.15, -0.1) is 0 Å². The number of nitrogens with two attached hydrogens (primary N) is 3. The molecule has 13 nitrogen and oxygen atoms in total. The highest BCUT2D eigenvalue weighted by molar-refractivity contribution is 5.95. The van der Waals surface area contributed by atoms with Crippen LogP contribution in [-0.2, 0) is 32.0 Å². The predicted octanol–water partition coefficient (Wildman–Crippen LogP) is 5.13. The zero-order valence-electron chi connectivity index (χ0n) is 32.3. The smallest absolute Gasteiger partial charge is 0.243 e. The molecule has 0 aliphatic heterocycles. The van der Waals surface area contributed by atoms with Crippen LogP contribution in [0.1, 0.15) is 108 Å². The Balaban J connectivity index is 1.42. The Morgan fingerprint density at radius 1 is 0.618 bits per heavy atom. The Labute approximate surface area is 324 Å². The second kappa shape index (κ2) is 22.8. The fourth-order valence-electron chi connectivity index (χ4n) is 7.01. The molecule has 4 aromatic rings. The molecule has 0 spiro atoms. The van der Waals surface area contributed by atoms with Gasteiger partial charge in [-0.05, 0) is 42.5 Å². The number of fused-ring (bicyclic) bond motifs is 2. The van der Waals surface area contributed by atoms with Crippen molar-refractivity contribution in [2.45, 2.75) is 128 Å². The van der Waals surface area contributed by atoms with E-state index in [0.717, 1.165) is 58.6 Å². The van der Waals surface area contributed by atoms with Gasteiger partial charge in [-0.25, -0.2) is 0 Å². The van der Waals surface area contributed by atoms with Gasteiger partial charge in [0, 0.05) is 60.0 Å². The number of H-pyrrole nitrogens is 2. The van der Waals surface area contributed by atoms with Crippen molar-refractivity contribution in [2.75, 3.05) is 6.54 Å². The maximum atomic E-state index is 14.1. The van der Waals surface area contributed by atoms with Crippen molar-refractivity contribution in [3.8, 4) is 0 Å². The van der Waals surface area contributed by atoms with Crippen LogP contribution in [0.5, 0.6) is 0 Å². The van der Waals surface area contributed by atoms with Crippen LogP contribution in [0.25, 0.3) is 21.8 Å². The molecule has 0 unspecified atom stereocenters. The number of nitrogens with one attached hydrogen (secondary N) is 5. The molecule has 0 saturated carbocycles. The molecule has 2 aromatic heterocycles. The average Bonchev–Trinajstić information content (AvgIpc) is 3.78. The minimum atomic E-state index is -1.10. The minimum Gasteiger partial charge on any atom is -0.370 e. The number of benzene rings is 2. The van der Waals surface area contributed by atoms with Gasteiger partial charge in [0.05, 0.1) is 0 Å². The van der Waals surface area contributed by atoms with Crippen LogP contribution in [0, 0.1) is 0 Å². The molecule has 0 fully saturated rings. The van der Waals surface area contributed by atoms with Gasteiger partial charge < -0.3 is 43.1 Å². The number of aromatic nitrogens is 2. The van der Waals surface area contributed by atoms with Crippen LogP contribution < -0.4 is 33.2 Å². The van der Waals surface area contributed by atoms with Gasteiger partial charge in [0.2, 0.25) is 23.6 Å². The number of nitrogens with zero attached hydrogens (tertiary/aromatic N) is 1. The fourth-order valence-corrected chi connectivity index (χ4v) is 7.01. The summed E-state index contributed by atoms with van der Waals surface area (Å²) in [4.78, 5) is 64.4. The number of rotatable bonds is 26. The Kier molecular flexibility index (Phi) is 17.6. The van der Waals surface area contributed by atoms with Crippen molar-refractivity contribution in [1.29, 1.82) is 0 Å². The van der Waals surface area contributed by atoms with Crippen molar-refractivity contribution in [2.24, 2.45) is 22.2 Å². The maximum absolute atomic E-state index is 14.1. The molecule has 13 heteroatoms. The van der Waals surface area contributed by atoms with Gasteiger partial charge in [-0.2, -0.15) is 0 Å².